The number of aromatic nitrogens is 2. The highest BCUT2D eigenvalue weighted by molar-refractivity contribution is 9.10. The lowest BCUT2D eigenvalue weighted by Gasteiger charge is -2.47. The molecule has 3 aliphatic heterocycles. The highest BCUT2D eigenvalue weighted by atomic mass is 79.9. The molecule has 2 saturated heterocycles. The van der Waals surface area contributed by atoms with Gasteiger partial charge in [-0.1, -0.05) is 0 Å². The molecule has 44 heavy (non-hydrogen) atoms. The summed E-state index contributed by atoms with van der Waals surface area (Å²) in [5.74, 6) is 3.13. The molecule has 0 unspecified atom stereocenters. The first kappa shape index (κ1) is 30.9. The molecule has 0 saturated carbocycles. The molecule has 1 aromatic heterocycles. The van der Waals surface area contributed by atoms with Crippen LogP contribution in [0.4, 0.5) is 28.8 Å². The molecule has 6 rings (SSSR count). The van der Waals surface area contributed by atoms with E-state index in [-0.39, 0.29) is 0 Å². The number of nitrogens with zero attached hydrogens (tertiary/aromatic N) is 4. The zero-order chi connectivity index (χ0) is 31.0. The Bertz CT molecular complexity index is 1570. The first-order valence-electron chi connectivity index (χ1n) is 14.7. The second-order valence-electron chi connectivity index (χ2n) is 11.9. The Morgan fingerprint density at radius 1 is 1.11 bits per heavy atom. The van der Waals surface area contributed by atoms with E-state index < -0.39 is 7.14 Å². The number of rotatable bonds is 10. The second kappa shape index (κ2) is 12.7. The molecule has 2 fully saturated rings. The van der Waals surface area contributed by atoms with Crippen LogP contribution in [0.3, 0.4) is 0 Å². The van der Waals surface area contributed by atoms with Crippen LogP contribution < -0.4 is 40.9 Å². The highest BCUT2D eigenvalue weighted by Crippen LogP contribution is 2.47. The predicted octanol–water partition coefficient (Wildman–Crippen LogP) is 5.03. The minimum absolute atomic E-state index is 0.378. The summed E-state index contributed by atoms with van der Waals surface area (Å²) in [5, 5.41) is 7.16. The smallest absolute Gasteiger partial charge is 0.229 e. The molecule has 3 aliphatic rings. The first-order chi connectivity index (χ1) is 21.1. The lowest BCUT2D eigenvalue weighted by Crippen LogP contribution is -2.56. The van der Waals surface area contributed by atoms with E-state index in [4.69, 9.17) is 24.1 Å². The van der Waals surface area contributed by atoms with Gasteiger partial charge in [-0.15, -0.1) is 0 Å². The molecule has 0 aliphatic carbocycles. The molecule has 12 nitrogen and oxygen atoms in total. The van der Waals surface area contributed by atoms with E-state index in [1.54, 1.807) is 45.9 Å². The summed E-state index contributed by atoms with van der Waals surface area (Å²) in [6, 6.07) is 8.36. The minimum Gasteiger partial charge on any atom is -0.494 e. The van der Waals surface area contributed by atoms with Crippen molar-refractivity contribution >= 4 is 57.2 Å². The van der Waals surface area contributed by atoms with Gasteiger partial charge in [0.05, 0.1) is 34.9 Å². The lowest BCUT2D eigenvalue weighted by molar-refractivity contribution is -0.000666. The van der Waals surface area contributed by atoms with Crippen molar-refractivity contribution in [1.82, 2.24) is 20.5 Å². The number of hydrogen-bond acceptors (Lipinski definition) is 12. The van der Waals surface area contributed by atoms with Crippen molar-refractivity contribution in [2.45, 2.75) is 25.8 Å². The minimum atomic E-state index is -2.77. The van der Waals surface area contributed by atoms with Gasteiger partial charge in [-0.25, -0.2) is 4.98 Å². The Kier molecular flexibility index (Phi) is 8.94. The second-order valence-corrected chi connectivity index (χ2v) is 15.9. The molecular weight excluding hydrogens is 649 g/mol. The van der Waals surface area contributed by atoms with Gasteiger partial charge in [0.1, 0.15) is 18.7 Å². The van der Waals surface area contributed by atoms with Crippen molar-refractivity contribution in [3.63, 3.8) is 0 Å². The summed E-state index contributed by atoms with van der Waals surface area (Å²) in [6.07, 6.45) is 3.96. The van der Waals surface area contributed by atoms with E-state index in [1.807, 2.05) is 0 Å². The van der Waals surface area contributed by atoms with Gasteiger partial charge >= 0.3 is 0 Å². The maximum Gasteiger partial charge on any atom is 0.229 e. The van der Waals surface area contributed by atoms with Crippen LogP contribution in [-0.4, -0.2) is 81.2 Å². The van der Waals surface area contributed by atoms with Gasteiger partial charge in [-0.2, -0.15) is 4.98 Å². The molecule has 0 spiro atoms. The monoisotopic (exact) mass is 687 g/mol. The number of halogens is 1. The normalized spacial score (nSPS) is 17.5. The van der Waals surface area contributed by atoms with Crippen molar-refractivity contribution in [2.75, 3.05) is 75.9 Å². The number of aryl methyl sites for hydroxylation is 1. The fraction of sp³-hybridized carbons (Fsp3) is 0.467. The van der Waals surface area contributed by atoms with Crippen LogP contribution in [0.5, 0.6) is 17.2 Å². The number of likely N-dealkylation sites (tertiary alicyclic amines) is 1. The fourth-order valence-electron chi connectivity index (χ4n) is 6.24. The van der Waals surface area contributed by atoms with Crippen LogP contribution in [0, 0.1) is 12.8 Å². The average Bonchev–Trinajstić information content (AvgIpc) is 3.45. The predicted molar refractivity (Wildman–Crippen MR) is 176 cm³/mol. The van der Waals surface area contributed by atoms with E-state index in [0.29, 0.717) is 56.4 Å². The standard InChI is InChI=1S/C30H39BrN7O5P/c1-18-12-23(26(41-3)13-24(18)37-10-8-20(9-11-37)38-15-19(16-38)17-40-2)34-30-32-14-21(31)29(35-30)33-22-6-7-25-27(43-36-42-25)28(22)44(4,5)39/h6-7,12-14,19-20,36H,8-11,15-17H2,1-5H3,(H2,32,33,34,35). The van der Waals surface area contributed by atoms with Crippen molar-refractivity contribution in [2.24, 2.45) is 5.92 Å². The SMILES string of the molecule is COCC1CN(C2CCN(c3cc(OC)c(Nc4ncc(Br)c(Nc5ccc6c(c5P(C)(C)=O)ONO6)n4)cc3C)CC2)C1. The summed E-state index contributed by atoms with van der Waals surface area (Å²) in [5.41, 5.74) is 6.07. The van der Waals surface area contributed by atoms with Gasteiger partial charge in [-0.05, 0) is 72.8 Å². The quantitative estimate of drug-likeness (QED) is 0.248. The molecule has 14 heteroatoms. The van der Waals surface area contributed by atoms with Gasteiger partial charge < -0.3 is 39.2 Å². The van der Waals surface area contributed by atoms with Crippen molar-refractivity contribution < 1.29 is 23.7 Å². The zero-order valence-electron chi connectivity index (χ0n) is 25.6. The Balaban J connectivity index is 1.17. The van der Waals surface area contributed by atoms with Gasteiger partial charge in [0.15, 0.2) is 5.75 Å². The third-order valence-electron chi connectivity index (χ3n) is 8.40. The maximum atomic E-state index is 13.2. The van der Waals surface area contributed by atoms with Crippen LogP contribution in [0.2, 0.25) is 0 Å². The average molecular weight is 689 g/mol. The number of ether oxygens (including phenoxy) is 2. The largest absolute Gasteiger partial charge is 0.494 e. The third-order valence-corrected chi connectivity index (χ3v) is 10.5. The molecule has 0 atom stereocenters. The first-order valence-corrected chi connectivity index (χ1v) is 18.1. The molecule has 3 N–H and O–H groups in total. The Hall–Kier alpha value is -3.09. The molecule has 2 aromatic carbocycles. The summed E-state index contributed by atoms with van der Waals surface area (Å²) < 4.78 is 25.0. The van der Waals surface area contributed by atoms with Crippen LogP contribution in [0.25, 0.3) is 0 Å². The molecule has 4 heterocycles. The lowest BCUT2D eigenvalue weighted by atomic mass is 9.93. The number of nitrogens with one attached hydrogen (secondary N) is 3. The number of hydrogen-bond donors (Lipinski definition) is 3. The molecule has 0 amide bonds. The Labute approximate surface area is 266 Å². The molecular formula is C30H39BrN7O5P. The maximum absolute atomic E-state index is 13.2. The van der Waals surface area contributed by atoms with Gasteiger partial charge in [0, 0.05) is 68.8 Å². The van der Waals surface area contributed by atoms with Crippen LogP contribution in [-0.2, 0) is 9.30 Å². The van der Waals surface area contributed by atoms with E-state index in [1.165, 1.54) is 5.69 Å². The number of methoxy groups -OCH3 is 2. The topological polar surface area (TPSA) is 122 Å². The van der Waals surface area contributed by atoms with Crippen LogP contribution >= 0.6 is 23.1 Å². The van der Waals surface area contributed by atoms with E-state index in [9.17, 15) is 4.57 Å². The van der Waals surface area contributed by atoms with Crippen LogP contribution in [0.1, 0.15) is 18.4 Å². The van der Waals surface area contributed by atoms with Crippen LogP contribution in [0.15, 0.2) is 34.9 Å². The van der Waals surface area contributed by atoms with Gasteiger partial charge in [-0.3, -0.25) is 4.90 Å². The zero-order valence-corrected chi connectivity index (χ0v) is 28.1. The van der Waals surface area contributed by atoms with Crippen molar-refractivity contribution in [3.05, 3.63) is 40.5 Å². The molecule has 0 radical (unpaired) electrons. The summed E-state index contributed by atoms with van der Waals surface area (Å²) in [4.78, 5) is 25.0. The number of benzene rings is 2. The van der Waals surface area contributed by atoms with E-state index in [2.05, 4.69) is 66.0 Å². The molecule has 3 aromatic rings. The number of anilines is 5. The summed E-state index contributed by atoms with van der Waals surface area (Å²) in [7, 11) is 0.687. The molecule has 0 bridgehead atoms. The number of piperidine rings is 1. The van der Waals surface area contributed by atoms with Crippen molar-refractivity contribution in [1.29, 1.82) is 0 Å². The third kappa shape index (κ3) is 6.34. The summed E-state index contributed by atoms with van der Waals surface area (Å²) in [6.45, 7) is 10.7. The van der Waals surface area contributed by atoms with Crippen molar-refractivity contribution in [3.8, 4) is 17.2 Å². The van der Waals surface area contributed by atoms with Gasteiger partial charge in [0.2, 0.25) is 11.7 Å². The Morgan fingerprint density at radius 3 is 2.59 bits per heavy atom. The fourth-order valence-corrected chi connectivity index (χ4v) is 7.89. The highest BCUT2D eigenvalue weighted by Gasteiger charge is 2.34. The molecule has 236 valence electrons. The Morgan fingerprint density at radius 2 is 1.89 bits per heavy atom. The van der Waals surface area contributed by atoms with Gasteiger partial charge in [0.25, 0.3) is 0 Å². The summed E-state index contributed by atoms with van der Waals surface area (Å²) >= 11 is 3.54. The van der Waals surface area contributed by atoms with E-state index in [0.717, 1.165) is 56.9 Å². The van der Waals surface area contributed by atoms with E-state index >= 15 is 0 Å². The number of fused-ring (bicyclic) bond motifs is 1.